The lowest BCUT2D eigenvalue weighted by atomic mass is 10.1. The normalized spacial score (nSPS) is 12.1. The van der Waals surface area contributed by atoms with Crippen LogP contribution in [-0.4, -0.2) is 40.0 Å². The lowest BCUT2D eigenvalue weighted by molar-refractivity contribution is -0.137. The van der Waals surface area contributed by atoms with Gasteiger partial charge in [0.05, 0.1) is 23.3 Å². The van der Waals surface area contributed by atoms with Crippen LogP contribution in [0.25, 0.3) is 21.7 Å². The first-order valence-electron chi connectivity index (χ1n) is 9.21. The second kappa shape index (κ2) is 7.78. The molecular formula is C21H18F3N5OS. The van der Waals surface area contributed by atoms with Gasteiger partial charge in [-0.25, -0.2) is 9.99 Å². The van der Waals surface area contributed by atoms with Gasteiger partial charge in [0.15, 0.2) is 0 Å². The highest BCUT2D eigenvalue weighted by molar-refractivity contribution is 7.09. The Labute approximate surface area is 179 Å². The van der Waals surface area contributed by atoms with E-state index in [1.54, 1.807) is 37.3 Å². The minimum absolute atomic E-state index is 0.0237. The molecule has 1 amide bonds. The van der Waals surface area contributed by atoms with E-state index in [2.05, 4.69) is 9.97 Å². The van der Waals surface area contributed by atoms with Crippen molar-refractivity contribution >= 4 is 44.7 Å². The van der Waals surface area contributed by atoms with Gasteiger partial charge in [-0.3, -0.25) is 14.8 Å². The van der Waals surface area contributed by atoms with Gasteiger partial charge in [0.2, 0.25) is 0 Å². The Balaban J connectivity index is 1.67. The Hall–Kier alpha value is -3.24. The third-order valence-corrected chi connectivity index (χ3v) is 5.64. The quantitative estimate of drug-likeness (QED) is 0.466. The number of aromatic nitrogens is 2. The maximum Gasteiger partial charge on any atom is 0.417 e. The van der Waals surface area contributed by atoms with Gasteiger partial charge in [-0.1, -0.05) is 0 Å². The molecule has 1 aromatic carbocycles. The molecular weight excluding hydrogens is 427 g/mol. The first-order valence-corrected chi connectivity index (χ1v) is 10.2. The molecule has 160 valence electrons. The zero-order valence-electron chi connectivity index (χ0n) is 16.6. The second-order valence-corrected chi connectivity index (χ2v) is 7.92. The van der Waals surface area contributed by atoms with Crippen LogP contribution in [0, 0.1) is 0 Å². The molecule has 0 spiro atoms. The number of pyridine rings is 2. The largest absolute Gasteiger partial charge is 0.417 e. The summed E-state index contributed by atoms with van der Waals surface area (Å²) in [6, 6.07) is 7.39. The molecule has 0 fully saturated rings. The zero-order chi connectivity index (χ0) is 22.3. The summed E-state index contributed by atoms with van der Waals surface area (Å²) in [5.41, 5.74) is 6.62. The molecule has 2 N–H and O–H groups in total. The number of nitrogens with two attached hydrogens (primary N) is 1. The Morgan fingerprint density at radius 3 is 2.48 bits per heavy atom. The lowest BCUT2D eigenvalue weighted by Crippen LogP contribution is -2.41. The van der Waals surface area contributed by atoms with E-state index in [1.165, 1.54) is 22.4 Å². The Bertz CT molecular complexity index is 1270. The highest BCUT2D eigenvalue weighted by atomic mass is 32.1. The van der Waals surface area contributed by atoms with Crippen LogP contribution in [-0.2, 0) is 12.7 Å². The average molecular weight is 445 g/mol. The molecule has 31 heavy (non-hydrogen) atoms. The Kier molecular flexibility index (Phi) is 5.28. The first kappa shape index (κ1) is 21.0. The molecule has 3 aromatic heterocycles. The molecule has 0 saturated heterocycles. The molecule has 0 bridgehead atoms. The number of hydrogen-bond donors (Lipinski definition) is 1. The van der Waals surface area contributed by atoms with E-state index in [0.717, 1.165) is 28.4 Å². The first-order chi connectivity index (χ1) is 14.6. The van der Waals surface area contributed by atoms with Gasteiger partial charge in [0.1, 0.15) is 5.82 Å². The predicted molar refractivity (Wildman–Crippen MR) is 114 cm³/mol. The summed E-state index contributed by atoms with van der Waals surface area (Å²) >= 11 is 1.50. The number of hydrogen-bond acceptors (Lipinski definition) is 6. The molecule has 0 aliphatic carbocycles. The summed E-state index contributed by atoms with van der Waals surface area (Å²) in [6.45, 7) is 0.0237. The smallest absolute Gasteiger partial charge is 0.383 e. The Morgan fingerprint density at radius 1 is 1.10 bits per heavy atom. The lowest BCUT2D eigenvalue weighted by Gasteiger charge is -2.29. The van der Waals surface area contributed by atoms with E-state index in [0.29, 0.717) is 22.6 Å². The molecule has 0 radical (unpaired) electrons. The number of thiophene rings is 1. The standard InChI is InChI=1S/C21H18F3N5OS/c1-28(2)29(9-14-5-4-13(8-26-14)21(22,23)24)20(30)12-3-6-18-15(7-12)16-10-31-11-17(16)19(25)27-18/h3-8,10-11H,9H2,1-2H3,(H2,25,27). The topological polar surface area (TPSA) is 75.3 Å². The van der Waals surface area contributed by atoms with Crippen molar-refractivity contribution in [3.8, 4) is 0 Å². The molecule has 0 aliphatic rings. The summed E-state index contributed by atoms with van der Waals surface area (Å²) in [7, 11) is 3.37. The maximum absolute atomic E-state index is 13.2. The second-order valence-electron chi connectivity index (χ2n) is 7.17. The number of halogens is 3. The number of benzene rings is 1. The van der Waals surface area contributed by atoms with Crippen molar-refractivity contribution in [1.82, 2.24) is 20.0 Å². The number of amides is 1. The van der Waals surface area contributed by atoms with Gasteiger partial charge in [0, 0.05) is 47.4 Å². The summed E-state index contributed by atoms with van der Waals surface area (Å²) in [4.78, 5) is 21.5. The fourth-order valence-corrected chi connectivity index (χ4v) is 4.10. The number of rotatable bonds is 4. The summed E-state index contributed by atoms with van der Waals surface area (Å²) in [6.07, 6.45) is -3.69. The summed E-state index contributed by atoms with van der Waals surface area (Å²) in [5, 5.41) is 9.42. The fraction of sp³-hybridized carbons (Fsp3) is 0.190. The molecule has 4 aromatic rings. The van der Waals surface area contributed by atoms with Crippen LogP contribution < -0.4 is 5.73 Å². The molecule has 6 nitrogen and oxygen atoms in total. The molecule has 4 rings (SSSR count). The number of hydrazine groups is 1. The number of anilines is 1. The summed E-state index contributed by atoms with van der Waals surface area (Å²) in [5.74, 6) is 0.125. The van der Waals surface area contributed by atoms with Crippen molar-refractivity contribution in [1.29, 1.82) is 0 Å². The molecule has 0 atom stereocenters. The minimum Gasteiger partial charge on any atom is -0.383 e. The van der Waals surface area contributed by atoms with Crippen LogP contribution in [0.1, 0.15) is 21.6 Å². The van der Waals surface area contributed by atoms with Gasteiger partial charge in [-0.2, -0.15) is 24.5 Å². The molecule has 0 saturated carbocycles. The number of carbonyl (C=O) groups is 1. The van der Waals surface area contributed by atoms with E-state index >= 15 is 0 Å². The van der Waals surface area contributed by atoms with E-state index in [4.69, 9.17) is 5.73 Å². The molecule has 0 unspecified atom stereocenters. The monoisotopic (exact) mass is 445 g/mol. The Morgan fingerprint density at radius 2 is 1.84 bits per heavy atom. The number of alkyl halides is 3. The van der Waals surface area contributed by atoms with Crippen LogP contribution in [0.15, 0.2) is 47.3 Å². The van der Waals surface area contributed by atoms with Gasteiger partial charge in [-0.05, 0) is 35.7 Å². The average Bonchev–Trinajstić information content (AvgIpc) is 3.22. The molecule has 0 aliphatic heterocycles. The highest BCUT2D eigenvalue weighted by Gasteiger charge is 2.31. The van der Waals surface area contributed by atoms with Gasteiger partial charge < -0.3 is 5.73 Å². The minimum atomic E-state index is -4.46. The van der Waals surface area contributed by atoms with Gasteiger partial charge in [-0.15, -0.1) is 0 Å². The van der Waals surface area contributed by atoms with E-state index in [9.17, 15) is 18.0 Å². The van der Waals surface area contributed by atoms with Crippen LogP contribution in [0.3, 0.4) is 0 Å². The van der Waals surface area contributed by atoms with Crippen LogP contribution >= 0.6 is 11.3 Å². The van der Waals surface area contributed by atoms with Crippen molar-refractivity contribution in [3.05, 3.63) is 64.1 Å². The van der Waals surface area contributed by atoms with E-state index in [-0.39, 0.29) is 12.5 Å². The van der Waals surface area contributed by atoms with Crippen molar-refractivity contribution in [3.63, 3.8) is 0 Å². The highest BCUT2D eigenvalue weighted by Crippen LogP contribution is 2.32. The van der Waals surface area contributed by atoms with E-state index in [1.807, 2.05) is 10.8 Å². The SMILES string of the molecule is CN(C)N(Cc1ccc(C(F)(F)F)cn1)C(=O)c1ccc2nc(N)c3cscc3c2c1. The van der Waals surface area contributed by atoms with Crippen molar-refractivity contribution in [2.45, 2.75) is 12.7 Å². The number of nitrogen functional groups attached to an aromatic ring is 1. The van der Waals surface area contributed by atoms with Crippen molar-refractivity contribution < 1.29 is 18.0 Å². The van der Waals surface area contributed by atoms with E-state index < -0.39 is 11.7 Å². The molecule has 10 heteroatoms. The number of fused-ring (bicyclic) bond motifs is 3. The predicted octanol–water partition coefficient (Wildman–Crippen LogP) is 4.56. The van der Waals surface area contributed by atoms with Gasteiger partial charge >= 0.3 is 6.18 Å². The zero-order valence-corrected chi connectivity index (χ0v) is 17.5. The molecule has 3 heterocycles. The third-order valence-electron chi connectivity index (χ3n) is 4.89. The van der Waals surface area contributed by atoms with Crippen LogP contribution in [0.5, 0.6) is 0 Å². The van der Waals surface area contributed by atoms with Crippen molar-refractivity contribution in [2.75, 3.05) is 19.8 Å². The third kappa shape index (κ3) is 4.04. The fourth-order valence-electron chi connectivity index (χ4n) is 3.26. The number of nitrogens with zero attached hydrogens (tertiary/aromatic N) is 4. The van der Waals surface area contributed by atoms with Crippen LogP contribution in [0.4, 0.5) is 19.0 Å². The summed E-state index contributed by atoms with van der Waals surface area (Å²) < 4.78 is 38.3. The number of carbonyl (C=O) groups excluding carboxylic acids is 1. The van der Waals surface area contributed by atoms with Gasteiger partial charge in [0.25, 0.3) is 5.91 Å². The van der Waals surface area contributed by atoms with Crippen molar-refractivity contribution in [2.24, 2.45) is 0 Å². The maximum atomic E-state index is 13.2. The van der Waals surface area contributed by atoms with Crippen LogP contribution in [0.2, 0.25) is 0 Å².